The fourth-order valence-corrected chi connectivity index (χ4v) is 5.21. The number of ketones is 1. The van der Waals surface area contributed by atoms with Crippen LogP contribution in [0.4, 0.5) is 11.5 Å². The average molecular weight is 506 g/mol. The van der Waals surface area contributed by atoms with Crippen molar-refractivity contribution in [1.82, 2.24) is 4.98 Å². The lowest BCUT2D eigenvalue weighted by Crippen LogP contribution is -2.14. The number of nitrogens with two attached hydrogens (primary N) is 1. The first-order valence-electron chi connectivity index (χ1n) is 11.0. The van der Waals surface area contributed by atoms with Crippen LogP contribution in [0.5, 0.6) is 0 Å². The van der Waals surface area contributed by atoms with Crippen molar-refractivity contribution in [3.05, 3.63) is 107 Å². The van der Waals surface area contributed by atoms with Crippen molar-refractivity contribution in [3.8, 4) is 11.1 Å². The van der Waals surface area contributed by atoms with E-state index < -0.39 is 10.0 Å². The van der Waals surface area contributed by atoms with Crippen molar-refractivity contribution in [1.29, 1.82) is 0 Å². The molecule has 0 atom stereocenters. The predicted molar refractivity (Wildman–Crippen MR) is 140 cm³/mol. The Labute approximate surface area is 209 Å². The number of pyridine rings is 1. The molecule has 0 radical (unpaired) electrons. The summed E-state index contributed by atoms with van der Waals surface area (Å²) in [4.78, 5) is 16.5. The summed E-state index contributed by atoms with van der Waals surface area (Å²) < 4.78 is 29.0. The lowest BCUT2D eigenvalue weighted by Gasteiger charge is -2.13. The molecular formula is C27H24ClN3O3S. The van der Waals surface area contributed by atoms with E-state index in [9.17, 15) is 13.2 Å². The Hall–Kier alpha value is -3.68. The lowest BCUT2D eigenvalue weighted by atomic mass is 10.0. The predicted octanol–water partition coefficient (Wildman–Crippen LogP) is 5.53. The second-order valence-corrected chi connectivity index (χ2v) is 10.2. The summed E-state index contributed by atoms with van der Waals surface area (Å²) >= 11 is 6.12. The average Bonchev–Trinajstić information content (AvgIpc) is 2.85. The van der Waals surface area contributed by atoms with Gasteiger partial charge in [0.1, 0.15) is 11.6 Å². The van der Waals surface area contributed by atoms with E-state index in [4.69, 9.17) is 17.3 Å². The molecule has 0 bridgehead atoms. The van der Waals surface area contributed by atoms with Crippen molar-refractivity contribution < 1.29 is 13.2 Å². The number of nitrogens with one attached hydrogen (secondary N) is 1. The van der Waals surface area contributed by atoms with Crippen LogP contribution < -0.4 is 10.5 Å². The van der Waals surface area contributed by atoms with Crippen molar-refractivity contribution in [2.45, 2.75) is 24.2 Å². The summed E-state index contributed by atoms with van der Waals surface area (Å²) in [6.07, 6.45) is 2.92. The summed E-state index contributed by atoms with van der Waals surface area (Å²) in [5.41, 5.74) is 9.07. The van der Waals surface area contributed by atoms with E-state index >= 15 is 0 Å². The standard InChI is InChI=1S/C27H24ClN3O3S/c28-22-10-14-25(21-4-2-1-3-5-21)26(17-22)35(33,34)31-23-11-6-19(7-12-23)16-24(32)13-8-20-9-15-27(29)30-18-20/h1-7,9-12,14-15,17-18,31H,8,13,16H2,(H2,29,30). The van der Waals surface area contributed by atoms with Gasteiger partial charge in [0.25, 0.3) is 10.0 Å². The Morgan fingerprint density at radius 1 is 0.914 bits per heavy atom. The van der Waals surface area contributed by atoms with Crippen LogP contribution >= 0.6 is 11.6 Å². The number of aromatic nitrogens is 1. The van der Waals surface area contributed by atoms with Gasteiger partial charge >= 0.3 is 0 Å². The monoisotopic (exact) mass is 505 g/mol. The van der Waals surface area contributed by atoms with E-state index in [1.807, 2.05) is 36.4 Å². The molecule has 3 N–H and O–H groups in total. The number of halogens is 1. The number of hydrogen-bond donors (Lipinski definition) is 2. The number of aryl methyl sites for hydroxylation is 1. The van der Waals surface area contributed by atoms with E-state index in [-0.39, 0.29) is 17.1 Å². The molecule has 6 nitrogen and oxygen atoms in total. The molecule has 0 spiro atoms. The van der Waals surface area contributed by atoms with Gasteiger partial charge in [0.05, 0.1) is 4.90 Å². The Kier molecular flexibility index (Phi) is 7.48. The Balaban J connectivity index is 1.43. The summed E-state index contributed by atoms with van der Waals surface area (Å²) in [5, 5.41) is 0.327. The molecule has 0 amide bonds. The first-order valence-corrected chi connectivity index (χ1v) is 12.8. The third-order valence-corrected chi connectivity index (χ3v) is 7.12. The van der Waals surface area contributed by atoms with E-state index in [1.165, 1.54) is 6.07 Å². The van der Waals surface area contributed by atoms with Crippen LogP contribution in [0, 0.1) is 0 Å². The molecule has 1 heterocycles. The maximum atomic E-state index is 13.2. The van der Waals surface area contributed by atoms with Gasteiger partial charge in [0.15, 0.2) is 0 Å². The van der Waals surface area contributed by atoms with Gasteiger partial charge in [-0.1, -0.05) is 66.2 Å². The normalized spacial score (nSPS) is 11.2. The molecule has 4 rings (SSSR count). The van der Waals surface area contributed by atoms with Crippen molar-refractivity contribution in [2.75, 3.05) is 10.5 Å². The third-order valence-electron chi connectivity index (χ3n) is 5.47. The number of carbonyl (C=O) groups excluding carboxylic acids is 1. The van der Waals surface area contributed by atoms with Gasteiger partial charge in [-0.2, -0.15) is 0 Å². The van der Waals surface area contributed by atoms with Crippen LogP contribution in [0.25, 0.3) is 11.1 Å². The van der Waals surface area contributed by atoms with Gasteiger partial charge in [-0.15, -0.1) is 0 Å². The van der Waals surface area contributed by atoms with Crippen LogP contribution in [-0.2, 0) is 27.7 Å². The van der Waals surface area contributed by atoms with Crippen LogP contribution in [-0.4, -0.2) is 19.2 Å². The fraction of sp³-hybridized carbons (Fsp3) is 0.111. The van der Waals surface area contributed by atoms with Crippen molar-refractivity contribution in [2.24, 2.45) is 0 Å². The zero-order chi connectivity index (χ0) is 24.8. The number of anilines is 2. The number of hydrogen-bond acceptors (Lipinski definition) is 5. The van der Waals surface area contributed by atoms with Gasteiger partial charge < -0.3 is 5.73 Å². The minimum atomic E-state index is -3.91. The molecule has 0 aliphatic carbocycles. The molecule has 0 aliphatic heterocycles. The highest BCUT2D eigenvalue weighted by Gasteiger charge is 2.20. The Morgan fingerprint density at radius 2 is 1.63 bits per heavy atom. The molecule has 0 unspecified atom stereocenters. The van der Waals surface area contributed by atoms with E-state index in [0.717, 1.165) is 16.7 Å². The van der Waals surface area contributed by atoms with E-state index in [1.54, 1.807) is 48.7 Å². The van der Waals surface area contributed by atoms with Crippen LogP contribution in [0.15, 0.2) is 96.0 Å². The minimum Gasteiger partial charge on any atom is -0.384 e. The molecule has 0 aliphatic rings. The summed E-state index contributed by atoms with van der Waals surface area (Å²) in [5.74, 6) is 0.532. The SMILES string of the molecule is Nc1ccc(CCC(=O)Cc2ccc(NS(=O)(=O)c3cc(Cl)ccc3-c3ccccc3)cc2)cn1. The van der Waals surface area contributed by atoms with Crippen LogP contribution in [0.3, 0.4) is 0 Å². The van der Waals surface area contributed by atoms with E-state index in [2.05, 4.69) is 9.71 Å². The highest BCUT2D eigenvalue weighted by atomic mass is 35.5. The largest absolute Gasteiger partial charge is 0.384 e. The zero-order valence-corrected chi connectivity index (χ0v) is 20.4. The van der Waals surface area contributed by atoms with Crippen LogP contribution in [0.2, 0.25) is 5.02 Å². The molecule has 1 aromatic heterocycles. The summed E-state index contributed by atoms with van der Waals surface area (Å²) in [6.45, 7) is 0. The smallest absolute Gasteiger partial charge is 0.262 e. The van der Waals surface area contributed by atoms with E-state index in [0.29, 0.717) is 34.9 Å². The number of Topliss-reactive ketones (excluding diaryl/α,β-unsaturated/α-hetero) is 1. The molecular weight excluding hydrogens is 482 g/mol. The highest BCUT2D eigenvalue weighted by Crippen LogP contribution is 2.31. The first-order chi connectivity index (χ1) is 16.8. The van der Waals surface area contributed by atoms with Gasteiger partial charge in [-0.05, 0) is 53.4 Å². The Morgan fingerprint density at radius 3 is 2.31 bits per heavy atom. The number of carbonyl (C=O) groups is 1. The summed E-state index contributed by atoms with van der Waals surface area (Å²) in [7, 11) is -3.91. The molecule has 4 aromatic rings. The second kappa shape index (κ2) is 10.7. The van der Waals surface area contributed by atoms with Gasteiger partial charge in [0.2, 0.25) is 0 Å². The second-order valence-electron chi connectivity index (χ2n) is 8.12. The maximum Gasteiger partial charge on any atom is 0.262 e. The first kappa shape index (κ1) is 24.4. The topological polar surface area (TPSA) is 102 Å². The third kappa shape index (κ3) is 6.47. The fourth-order valence-electron chi connectivity index (χ4n) is 3.66. The molecule has 0 fully saturated rings. The lowest BCUT2D eigenvalue weighted by molar-refractivity contribution is -0.118. The number of rotatable bonds is 9. The zero-order valence-electron chi connectivity index (χ0n) is 18.8. The number of nitrogen functional groups attached to an aromatic ring is 1. The minimum absolute atomic E-state index is 0.0848. The number of nitrogens with zero attached hydrogens (tertiary/aromatic N) is 1. The van der Waals surface area contributed by atoms with Crippen molar-refractivity contribution in [3.63, 3.8) is 0 Å². The molecule has 35 heavy (non-hydrogen) atoms. The molecule has 0 saturated heterocycles. The number of sulfonamides is 1. The molecule has 178 valence electrons. The van der Waals surface area contributed by atoms with Gasteiger partial charge in [0, 0.05) is 35.3 Å². The molecule has 3 aromatic carbocycles. The van der Waals surface area contributed by atoms with Gasteiger partial charge in [-0.25, -0.2) is 13.4 Å². The quantitative estimate of drug-likeness (QED) is 0.311. The van der Waals surface area contributed by atoms with Crippen molar-refractivity contribution >= 4 is 38.9 Å². The maximum absolute atomic E-state index is 13.2. The Bertz CT molecular complexity index is 1420. The highest BCUT2D eigenvalue weighted by molar-refractivity contribution is 7.92. The molecule has 8 heteroatoms. The van der Waals surface area contributed by atoms with Gasteiger partial charge in [-0.3, -0.25) is 9.52 Å². The summed E-state index contributed by atoms with van der Waals surface area (Å²) in [6, 6.07) is 24.4. The number of benzene rings is 3. The molecule has 0 saturated carbocycles. The van der Waals surface area contributed by atoms with Crippen LogP contribution in [0.1, 0.15) is 17.5 Å².